The molecule has 0 aromatic heterocycles. The van der Waals surface area contributed by atoms with Crippen molar-refractivity contribution in [1.82, 2.24) is 0 Å². The van der Waals surface area contributed by atoms with Crippen LogP contribution in [0.3, 0.4) is 0 Å². The number of ether oxygens (including phenoxy) is 1. The Morgan fingerprint density at radius 2 is 1.96 bits per heavy atom. The van der Waals surface area contributed by atoms with Crippen LogP contribution in [0.25, 0.3) is 0 Å². The molecule has 0 bridgehead atoms. The Morgan fingerprint density at radius 1 is 1.20 bits per heavy atom. The van der Waals surface area contributed by atoms with E-state index >= 15 is 0 Å². The largest absolute Gasteiger partial charge is 0.481 e. The van der Waals surface area contributed by atoms with Crippen molar-refractivity contribution >= 4 is 23.2 Å². The third-order valence-corrected chi connectivity index (χ3v) is 4.29. The van der Waals surface area contributed by atoms with Crippen molar-refractivity contribution in [2.24, 2.45) is 0 Å². The minimum absolute atomic E-state index is 0.150. The van der Waals surface area contributed by atoms with E-state index in [0.717, 1.165) is 16.9 Å². The molecule has 3 rings (SSSR count). The number of benzene rings is 2. The van der Waals surface area contributed by atoms with Crippen LogP contribution >= 0.6 is 0 Å². The van der Waals surface area contributed by atoms with Gasteiger partial charge < -0.3 is 15.0 Å². The highest BCUT2D eigenvalue weighted by Crippen LogP contribution is 2.30. The van der Waals surface area contributed by atoms with Crippen LogP contribution in [0.4, 0.5) is 11.4 Å². The van der Waals surface area contributed by atoms with Crippen LogP contribution in [0, 0.1) is 0 Å². The maximum Gasteiger partial charge on any atom is 0.265 e. The lowest BCUT2D eigenvalue weighted by Crippen LogP contribution is -2.35. The summed E-state index contributed by atoms with van der Waals surface area (Å²) in [7, 11) is 0. The molecule has 1 aliphatic rings. The first-order chi connectivity index (χ1) is 12.1. The average molecular weight is 338 g/mol. The number of nitrogens with one attached hydrogen (secondary N) is 1. The van der Waals surface area contributed by atoms with Gasteiger partial charge in [-0.25, -0.2) is 0 Å². The van der Waals surface area contributed by atoms with E-state index in [4.69, 9.17) is 4.74 Å². The van der Waals surface area contributed by atoms with Gasteiger partial charge >= 0.3 is 0 Å². The Morgan fingerprint density at radius 3 is 2.68 bits per heavy atom. The van der Waals surface area contributed by atoms with E-state index in [1.54, 1.807) is 11.8 Å². The number of hydrogen-bond acceptors (Lipinski definition) is 3. The number of rotatable bonds is 5. The van der Waals surface area contributed by atoms with Gasteiger partial charge in [0.1, 0.15) is 5.75 Å². The molecule has 2 aromatic rings. The van der Waals surface area contributed by atoms with Crippen molar-refractivity contribution in [2.75, 3.05) is 16.8 Å². The summed E-state index contributed by atoms with van der Waals surface area (Å²) in [6.07, 6.45) is 0.600. The smallest absolute Gasteiger partial charge is 0.265 e. The molecule has 5 heteroatoms. The Labute approximate surface area is 147 Å². The van der Waals surface area contributed by atoms with Crippen LogP contribution in [0.1, 0.15) is 25.8 Å². The molecule has 25 heavy (non-hydrogen) atoms. The van der Waals surface area contributed by atoms with Gasteiger partial charge in [-0.1, -0.05) is 18.2 Å². The molecule has 1 aliphatic heterocycles. The lowest BCUT2D eigenvalue weighted by molar-refractivity contribution is -0.122. The Kier molecular flexibility index (Phi) is 5.03. The third kappa shape index (κ3) is 3.82. The lowest BCUT2D eigenvalue weighted by Gasteiger charge is -2.28. The Bertz CT molecular complexity index is 774. The second-order valence-corrected chi connectivity index (χ2v) is 6.04. The Balaban J connectivity index is 1.69. The molecule has 2 aromatic carbocycles. The van der Waals surface area contributed by atoms with Gasteiger partial charge in [0.2, 0.25) is 5.91 Å². The summed E-state index contributed by atoms with van der Waals surface area (Å²) in [5.41, 5.74) is 2.74. The van der Waals surface area contributed by atoms with E-state index in [1.807, 2.05) is 55.5 Å². The highest BCUT2D eigenvalue weighted by molar-refractivity contribution is 5.98. The number of aryl methyl sites for hydroxylation is 1. The molecule has 2 amide bonds. The van der Waals surface area contributed by atoms with E-state index in [-0.39, 0.29) is 11.8 Å². The summed E-state index contributed by atoms with van der Waals surface area (Å²) in [4.78, 5) is 26.1. The van der Waals surface area contributed by atoms with Crippen molar-refractivity contribution in [3.63, 3.8) is 0 Å². The van der Waals surface area contributed by atoms with E-state index in [1.165, 1.54) is 0 Å². The van der Waals surface area contributed by atoms with Crippen molar-refractivity contribution < 1.29 is 14.3 Å². The topological polar surface area (TPSA) is 58.6 Å². The maximum atomic E-state index is 12.4. The summed E-state index contributed by atoms with van der Waals surface area (Å²) >= 11 is 0. The zero-order chi connectivity index (χ0) is 17.8. The number of carbonyl (C=O) groups is 2. The predicted molar refractivity (Wildman–Crippen MR) is 98.0 cm³/mol. The van der Waals surface area contributed by atoms with E-state index in [2.05, 4.69) is 5.32 Å². The van der Waals surface area contributed by atoms with Crippen LogP contribution in [0.5, 0.6) is 5.75 Å². The van der Waals surface area contributed by atoms with Crippen molar-refractivity contribution in [1.29, 1.82) is 0 Å². The van der Waals surface area contributed by atoms with Gasteiger partial charge in [-0.2, -0.15) is 0 Å². The van der Waals surface area contributed by atoms with Gasteiger partial charge in [-0.05, 0) is 56.2 Å². The van der Waals surface area contributed by atoms with E-state index < -0.39 is 6.10 Å². The van der Waals surface area contributed by atoms with Crippen LogP contribution < -0.4 is 15.0 Å². The molecule has 1 heterocycles. The zero-order valence-corrected chi connectivity index (χ0v) is 14.5. The third-order valence-electron chi connectivity index (χ3n) is 4.29. The summed E-state index contributed by atoms with van der Waals surface area (Å²) < 4.78 is 5.64. The minimum Gasteiger partial charge on any atom is -0.481 e. The fourth-order valence-electron chi connectivity index (χ4n) is 2.99. The number of anilines is 2. The summed E-state index contributed by atoms with van der Waals surface area (Å²) in [5.74, 6) is 0.604. The highest BCUT2D eigenvalue weighted by atomic mass is 16.5. The number of carbonyl (C=O) groups excluding carboxylic acids is 2. The molecule has 1 unspecified atom stereocenters. The number of fused-ring (bicyclic) bond motifs is 1. The first kappa shape index (κ1) is 17.0. The lowest BCUT2D eigenvalue weighted by atomic mass is 10.0. The van der Waals surface area contributed by atoms with Crippen molar-refractivity contribution in [3.8, 4) is 5.75 Å². The van der Waals surface area contributed by atoms with Gasteiger partial charge in [0.15, 0.2) is 6.10 Å². The standard InChI is InChI=1S/C20H22N2O3/c1-3-22-18-11-10-16(13-15(18)9-12-19(22)23)21-20(24)14(2)25-17-7-5-4-6-8-17/h4-8,10-11,13-14H,3,9,12H2,1-2H3,(H,21,24). The first-order valence-electron chi connectivity index (χ1n) is 8.54. The Hall–Kier alpha value is -2.82. The molecule has 0 fully saturated rings. The van der Waals surface area contributed by atoms with Crippen molar-refractivity contribution in [2.45, 2.75) is 32.8 Å². The number of nitrogens with zero attached hydrogens (tertiary/aromatic N) is 1. The maximum absolute atomic E-state index is 12.4. The SMILES string of the molecule is CCN1C(=O)CCc2cc(NC(=O)C(C)Oc3ccccc3)ccc21. The molecule has 0 aliphatic carbocycles. The summed E-state index contributed by atoms with van der Waals surface area (Å²) in [6.45, 7) is 4.34. The molecular weight excluding hydrogens is 316 g/mol. The van der Waals surface area contributed by atoms with Gasteiger partial charge in [-0.15, -0.1) is 0 Å². The van der Waals surface area contributed by atoms with Gasteiger partial charge in [-0.3, -0.25) is 9.59 Å². The fraction of sp³-hybridized carbons (Fsp3) is 0.300. The van der Waals surface area contributed by atoms with E-state index in [0.29, 0.717) is 25.1 Å². The normalized spacial score (nSPS) is 14.6. The average Bonchev–Trinajstić information content (AvgIpc) is 2.62. The second-order valence-electron chi connectivity index (χ2n) is 6.04. The number of para-hydroxylation sites is 1. The van der Waals surface area contributed by atoms with Crippen LogP contribution in [-0.4, -0.2) is 24.5 Å². The zero-order valence-electron chi connectivity index (χ0n) is 14.5. The van der Waals surface area contributed by atoms with Crippen LogP contribution in [0.15, 0.2) is 48.5 Å². The molecule has 0 saturated carbocycles. The molecule has 130 valence electrons. The number of hydrogen-bond donors (Lipinski definition) is 1. The van der Waals surface area contributed by atoms with Gasteiger partial charge in [0.25, 0.3) is 5.91 Å². The molecule has 1 atom stereocenters. The number of amides is 2. The molecule has 5 nitrogen and oxygen atoms in total. The molecule has 1 N–H and O–H groups in total. The molecular formula is C20H22N2O3. The summed E-state index contributed by atoms with van der Waals surface area (Å²) in [5, 5.41) is 2.89. The predicted octanol–water partition coefficient (Wildman–Crippen LogP) is 3.39. The van der Waals surface area contributed by atoms with E-state index in [9.17, 15) is 9.59 Å². The molecule has 0 saturated heterocycles. The van der Waals surface area contributed by atoms with Gasteiger partial charge in [0.05, 0.1) is 0 Å². The van der Waals surface area contributed by atoms with Gasteiger partial charge in [0, 0.05) is 24.3 Å². The molecule has 0 radical (unpaired) electrons. The highest BCUT2D eigenvalue weighted by Gasteiger charge is 2.23. The first-order valence-corrected chi connectivity index (χ1v) is 8.54. The minimum atomic E-state index is -0.604. The fourth-order valence-corrected chi connectivity index (χ4v) is 2.99. The van der Waals surface area contributed by atoms with Crippen LogP contribution in [-0.2, 0) is 16.0 Å². The molecule has 0 spiro atoms. The monoisotopic (exact) mass is 338 g/mol. The summed E-state index contributed by atoms with van der Waals surface area (Å²) in [6, 6.07) is 14.9. The van der Waals surface area contributed by atoms with Crippen LogP contribution in [0.2, 0.25) is 0 Å². The van der Waals surface area contributed by atoms with Crippen molar-refractivity contribution in [3.05, 3.63) is 54.1 Å². The quantitative estimate of drug-likeness (QED) is 0.909. The second kappa shape index (κ2) is 7.38.